The van der Waals surface area contributed by atoms with Crippen LogP contribution in [0.25, 0.3) is 0 Å². The van der Waals surface area contributed by atoms with Crippen LogP contribution in [0.1, 0.15) is 26.0 Å². The maximum atomic E-state index is 13.0. The number of aromatic nitrogens is 1. The van der Waals surface area contributed by atoms with Gasteiger partial charge in [0.15, 0.2) is 0 Å². The lowest BCUT2D eigenvalue weighted by Crippen LogP contribution is -2.54. The number of hydrogen-bond acceptors (Lipinski definition) is 5. The van der Waals surface area contributed by atoms with Crippen molar-refractivity contribution in [3.05, 3.63) is 41.8 Å². The highest BCUT2D eigenvalue weighted by Crippen LogP contribution is 2.29. The number of amides is 1. The van der Waals surface area contributed by atoms with E-state index in [0.29, 0.717) is 18.2 Å². The molecule has 0 saturated carbocycles. The summed E-state index contributed by atoms with van der Waals surface area (Å²) < 4.78 is 23.5. The van der Waals surface area contributed by atoms with E-state index in [2.05, 4.69) is 10.5 Å². The molecule has 1 saturated heterocycles. The van der Waals surface area contributed by atoms with Gasteiger partial charge in [-0.1, -0.05) is 19.0 Å². The zero-order valence-corrected chi connectivity index (χ0v) is 14.6. The predicted molar refractivity (Wildman–Crippen MR) is 92.2 cm³/mol. The van der Waals surface area contributed by atoms with Crippen LogP contribution in [-0.4, -0.2) is 37.4 Å². The minimum atomic E-state index is -0.308. The van der Waals surface area contributed by atoms with Crippen LogP contribution in [0.2, 0.25) is 0 Å². The Morgan fingerprint density at radius 3 is 2.76 bits per heavy atom. The Morgan fingerprint density at radius 2 is 2.16 bits per heavy atom. The van der Waals surface area contributed by atoms with Gasteiger partial charge in [-0.15, -0.1) is 0 Å². The van der Waals surface area contributed by atoms with Crippen molar-refractivity contribution >= 4 is 17.5 Å². The topological polar surface area (TPSA) is 67.6 Å². The van der Waals surface area contributed by atoms with Gasteiger partial charge in [0.2, 0.25) is 11.8 Å². The first-order chi connectivity index (χ1) is 11.9. The fourth-order valence-electron chi connectivity index (χ4n) is 2.89. The number of hydrogen-bond donors (Lipinski definition) is 1. The first kappa shape index (κ1) is 17.4. The Balaban J connectivity index is 1.65. The molecule has 0 spiro atoms. The second kappa shape index (κ2) is 6.84. The first-order valence-electron chi connectivity index (χ1n) is 8.20. The van der Waals surface area contributed by atoms with Crippen molar-refractivity contribution in [1.82, 2.24) is 5.16 Å². The summed E-state index contributed by atoms with van der Waals surface area (Å²) in [6.45, 7) is 5.23. The Bertz CT molecular complexity index is 742. The summed E-state index contributed by atoms with van der Waals surface area (Å²) in [5.41, 5.74) is 1.23. The van der Waals surface area contributed by atoms with Crippen molar-refractivity contribution < 1.29 is 18.4 Å². The minimum Gasteiger partial charge on any atom is -0.384 e. The number of methoxy groups -OCH3 is 1. The monoisotopic (exact) mass is 347 g/mol. The number of carbonyl (C=O) groups excluding carboxylic acids is 1. The molecule has 7 heteroatoms. The van der Waals surface area contributed by atoms with Crippen LogP contribution >= 0.6 is 0 Å². The van der Waals surface area contributed by atoms with Crippen molar-refractivity contribution in [3.63, 3.8) is 0 Å². The van der Waals surface area contributed by atoms with Crippen molar-refractivity contribution in [2.24, 2.45) is 0 Å². The van der Waals surface area contributed by atoms with Gasteiger partial charge in [-0.05, 0) is 30.7 Å². The fourth-order valence-corrected chi connectivity index (χ4v) is 2.89. The van der Waals surface area contributed by atoms with Crippen LogP contribution in [0.4, 0.5) is 16.0 Å². The quantitative estimate of drug-likeness (QED) is 0.870. The molecule has 0 aliphatic carbocycles. The van der Waals surface area contributed by atoms with Gasteiger partial charge in [0.25, 0.3) is 0 Å². The van der Waals surface area contributed by atoms with Crippen LogP contribution in [-0.2, 0) is 14.9 Å². The smallest absolute Gasteiger partial charge is 0.249 e. The summed E-state index contributed by atoms with van der Waals surface area (Å²) in [5, 5.41) is 6.79. The van der Waals surface area contributed by atoms with Crippen LogP contribution in [0.5, 0.6) is 0 Å². The summed E-state index contributed by atoms with van der Waals surface area (Å²) >= 11 is 0. The normalized spacial score (nSPS) is 17.3. The van der Waals surface area contributed by atoms with E-state index in [-0.39, 0.29) is 23.2 Å². The summed E-state index contributed by atoms with van der Waals surface area (Å²) in [6, 6.07) is 7.55. The molecule has 1 aliphatic heterocycles. The summed E-state index contributed by atoms with van der Waals surface area (Å²) in [5.74, 6) is -0.143. The van der Waals surface area contributed by atoms with Gasteiger partial charge in [-0.25, -0.2) is 4.39 Å². The van der Waals surface area contributed by atoms with Crippen molar-refractivity contribution in [2.75, 3.05) is 30.5 Å². The molecule has 3 rings (SSSR count). The zero-order valence-electron chi connectivity index (χ0n) is 14.6. The van der Waals surface area contributed by atoms with E-state index >= 15 is 0 Å². The van der Waals surface area contributed by atoms with Crippen molar-refractivity contribution in [1.29, 1.82) is 0 Å². The van der Waals surface area contributed by atoms with Gasteiger partial charge in [0.05, 0.1) is 12.3 Å². The number of nitrogens with one attached hydrogen (secondary N) is 1. The van der Waals surface area contributed by atoms with E-state index in [1.807, 2.05) is 18.7 Å². The molecule has 1 fully saturated rings. The third kappa shape index (κ3) is 3.66. The molecule has 0 radical (unpaired) electrons. The molecule has 1 unspecified atom stereocenters. The molecule has 1 N–H and O–H groups in total. The molecule has 1 amide bonds. The first-order valence-corrected chi connectivity index (χ1v) is 8.20. The van der Waals surface area contributed by atoms with Crippen molar-refractivity contribution in [3.8, 4) is 0 Å². The maximum absolute atomic E-state index is 13.0. The maximum Gasteiger partial charge on any atom is 0.249 e. The van der Waals surface area contributed by atoms with Gasteiger partial charge < -0.3 is 14.2 Å². The predicted octanol–water partition coefficient (Wildman–Crippen LogP) is 2.96. The Kier molecular flexibility index (Phi) is 4.76. The Labute approximate surface area is 145 Å². The van der Waals surface area contributed by atoms with Gasteiger partial charge in [-0.2, -0.15) is 0 Å². The molecule has 1 aromatic heterocycles. The largest absolute Gasteiger partial charge is 0.384 e. The van der Waals surface area contributed by atoms with E-state index in [1.54, 1.807) is 25.3 Å². The average molecular weight is 347 g/mol. The summed E-state index contributed by atoms with van der Waals surface area (Å²) in [6.07, 6.45) is 0.735. The van der Waals surface area contributed by atoms with Gasteiger partial charge in [0.1, 0.15) is 11.9 Å². The van der Waals surface area contributed by atoms with E-state index in [0.717, 1.165) is 18.7 Å². The van der Waals surface area contributed by atoms with Crippen LogP contribution in [0.3, 0.4) is 0 Å². The average Bonchev–Trinajstić information content (AvgIpc) is 2.97. The molecular formula is C18H22FN3O3. The number of benzene rings is 1. The van der Waals surface area contributed by atoms with Gasteiger partial charge in [0, 0.05) is 30.8 Å². The third-order valence-electron chi connectivity index (χ3n) is 4.44. The number of ether oxygens (including phenoxy) is 1. The zero-order chi connectivity index (χ0) is 18.0. The number of anilines is 2. The molecule has 2 aromatic rings. The fraction of sp³-hybridized carbons (Fsp3) is 0.444. The second-order valence-electron chi connectivity index (χ2n) is 6.86. The van der Waals surface area contributed by atoms with E-state index in [4.69, 9.17) is 9.26 Å². The number of nitrogens with zero attached hydrogens (tertiary/aromatic N) is 2. The minimum absolute atomic E-state index is 0.164. The van der Waals surface area contributed by atoms with E-state index < -0.39 is 0 Å². The Morgan fingerprint density at radius 1 is 1.44 bits per heavy atom. The second-order valence-corrected chi connectivity index (χ2v) is 6.86. The lowest BCUT2D eigenvalue weighted by atomic mass is 9.90. The molecule has 1 aromatic carbocycles. The van der Waals surface area contributed by atoms with E-state index in [9.17, 15) is 9.18 Å². The number of halogens is 1. The third-order valence-corrected chi connectivity index (χ3v) is 4.44. The molecule has 134 valence electrons. The summed E-state index contributed by atoms with van der Waals surface area (Å²) in [7, 11) is 1.63. The van der Waals surface area contributed by atoms with Crippen molar-refractivity contribution in [2.45, 2.75) is 31.7 Å². The molecule has 1 atom stereocenters. The van der Waals surface area contributed by atoms with Crippen LogP contribution < -0.4 is 10.2 Å². The van der Waals surface area contributed by atoms with E-state index in [1.165, 1.54) is 12.1 Å². The molecular weight excluding hydrogens is 325 g/mol. The lowest BCUT2D eigenvalue weighted by molar-refractivity contribution is -0.118. The Hall–Kier alpha value is -2.41. The van der Waals surface area contributed by atoms with Gasteiger partial charge >= 0.3 is 0 Å². The molecule has 6 nitrogen and oxygen atoms in total. The molecule has 2 heterocycles. The lowest BCUT2D eigenvalue weighted by Gasteiger charge is -2.41. The molecule has 25 heavy (non-hydrogen) atoms. The number of rotatable bonds is 6. The highest BCUT2D eigenvalue weighted by Gasteiger charge is 2.35. The van der Waals surface area contributed by atoms with Gasteiger partial charge in [-0.3, -0.25) is 10.1 Å². The van der Waals surface area contributed by atoms with Crippen LogP contribution in [0.15, 0.2) is 34.9 Å². The van der Waals surface area contributed by atoms with Crippen LogP contribution in [0, 0.1) is 5.82 Å². The number of carbonyl (C=O) groups is 1. The SMILES string of the molecule is COCC(C)(C)c1cc(NC(=O)C2CCN2c2ccc(F)cc2)on1. The highest BCUT2D eigenvalue weighted by atomic mass is 19.1. The standard InChI is InChI=1S/C18H22FN3O3/c1-18(2,11-24-3)15-10-16(25-21-15)20-17(23)14-8-9-22(14)13-6-4-12(19)5-7-13/h4-7,10,14H,8-9,11H2,1-3H3,(H,20,23). The molecule has 1 aliphatic rings. The molecule has 0 bridgehead atoms. The summed E-state index contributed by atoms with van der Waals surface area (Å²) in [4.78, 5) is 14.4. The highest BCUT2D eigenvalue weighted by molar-refractivity contribution is 5.97.